The third-order valence-electron chi connectivity index (χ3n) is 2.76. The van der Waals surface area contributed by atoms with Gasteiger partial charge in [-0.3, -0.25) is 4.79 Å². The molecule has 3 atom stereocenters. The molecule has 0 radical (unpaired) electrons. The van der Waals surface area contributed by atoms with Gasteiger partial charge in [-0.2, -0.15) is 0 Å². The molecule has 1 fully saturated rings. The summed E-state index contributed by atoms with van der Waals surface area (Å²) in [6, 6.07) is -0.521. The van der Waals surface area contributed by atoms with Crippen LogP contribution < -0.4 is 11.5 Å². The van der Waals surface area contributed by atoms with E-state index < -0.39 is 11.9 Å². The lowest BCUT2D eigenvalue weighted by Gasteiger charge is -2.35. The molecule has 1 aliphatic rings. The molecule has 82 valence electrons. The van der Waals surface area contributed by atoms with Gasteiger partial charge in [0.1, 0.15) is 0 Å². The fraction of sp³-hybridized carbons (Fsp3) is 0.900. The minimum absolute atomic E-state index is 0.407. The molecule has 0 spiro atoms. The van der Waals surface area contributed by atoms with Crippen LogP contribution in [0.5, 0.6) is 0 Å². The maximum atomic E-state index is 10.8. The number of carbonyl (C=O) groups excluding carboxylic acids is 1. The van der Waals surface area contributed by atoms with Gasteiger partial charge in [0.2, 0.25) is 5.91 Å². The van der Waals surface area contributed by atoms with E-state index in [4.69, 9.17) is 11.5 Å². The van der Waals surface area contributed by atoms with Crippen molar-refractivity contribution in [3.05, 3.63) is 0 Å². The van der Waals surface area contributed by atoms with Crippen molar-refractivity contribution in [2.75, 3.05) is 19.6 Å². The Morgan fingerprint density at radius 3 is 2.36 bits per heavy atom. The van der Waals surface area contributed by atoms with Crippen molar-refractivity contribution in [2.45, 2.75) is 26.3 Å². The molecule has 1 heterocycles. The number of hydrogen-bond acceptors (Lipinski definition) is 3. The molecule has 3 unspecified atom stereocenters. The summed E-state index contributed by atoms with van der Waals surface area (Å²) in [6.07, 6.45) is 1.27. The molecule has 1 rings (SSSR count). The van der Waals surface area contributed by atoms with Crippen LogP contribution >= 0.6 is 0 Å². The van der Waals surface area contributed by atoms with Crippen molar-refractivity contribution in [2.24, 2.45) is 23.3 Å². The van der Waals surface area contributed by atoms with Gasteiger partial charge in [-0.15, -0.1) is 0 Å². The first-order valence-corrected chi connectivity index (χ1v) is 5.26. The zero-order chi connectivity index (χ0) is 10.7. The van der Waals surface area contributed by atoms with Crippen LogP contribution in [0.3, 0.4) is 0 Å². The van der Waals surface area contributed by atoms with Crippen LogP contribution in [0.2, 0.25) is 0 Å². The van der Waals surface area contributed by atoms with E-state index in [-0.39, 0.29) is 0 Å². The Balaban J connectivity index is 2.40. The third-order valence-corrected chi connectivity index (χ3v) is 2.76. The Hall–Kier alpha value is -0.610. The van der Waals surface area contributed by atoms with Crippen molar-refractivity contribution < 1.29 is 4.79 Å². The highest BCUT2D eigenvalue weighted by Crippen LogP contribution is 2.20. The summed E-state index contributed by atoms with van der Waals surface area (Å²) in [7, 11) is 0. The summed E-state index contributed by atoms with van der Waals surface area (Å²) in [6.45, 7) is 7.14. The van der Waals surface area contributed by atoms with Crippen LogP contribution in [0.25, 0.3) is 0 Å². The number of rotatable bonds is 3. The zero-order valence-electron chi connectivity index (χ0n) is 9.07. The molecule has 1 amide bonds. The Morgan fingerprint density at radius 1 is 1.43 bits per heavy atom. The summed E-state index contributed by atoms with van der Waals surface area (Å²) in [5.74, 6) is 0.980. The molecule has 0 aromatic carbocycles. The van der Waals surface area contributed by atoms with Gasteiger partial charge in [0, 0.05) is 19.6 Å². The smallest absolute Gasteiger partial charge is 0.235 e. The first kappa shape index (κ1) is 11.5. The van der Waals surface area contributed by atoms with E-state index in [0.29, 0.717) is 18.4 Å². The number of nitrogens with zero attached hydrogens (tertiary/aromatic N) is 1. The average Bonchev–Trinajstić information content (AvgIpc) is 2.01. The van der Waals surface area contributed by atoms with Gasteiger partial charge < -0.3 is 16.4 Å². The molecule has 0 aromatic heterocycles. The lowest BCUT2D eigenvalue weighted by Crippen LogP contribution is -2.49. The second-order valence-electron chi connectivity index (χ2n) is 4.67. The molecule has 4 heteroatoms. The zero-order valence-corrected chi connectivity index (χ0v) is 9.07. The van der Waals surface area contributed by atoms with Crippen molar-refractivity contribution in [3.8, 4) is 0 Å². The Labute approximate surface area is 85.6 Å². The number of primary amides is 1. The average molecular weight is 199 g/mol. The molecule has 4 N–H and O–H groups in total. The van der Waals surface area contributed by atoms with Gasteiger partial charge in [0.05, 0.1) is 6.04 Å². The topological polar surface area (TPSA) is 72.3 Å². The minimum atomic E-state index is -0.521. The first-order chi connectivity index (χ1) is 6.49. The number of nitrogens with two attached hydrogens (primary N) is 2. The van der Waals surface area contributed by atoms with Gasteiger partial charge in [-0.05, 0) is 18.3 Å². The van der Waals surface area contributed by atoms with E-state index in [1.165, 1.54) is 6.42 Å². The van der Waals surface area contributed by atoms with E-state index in [1.54, 1.807) is 0 Å². The molecule has 0 saturated carbocycles. The largest absolute Gasteiger partial charge is 0.368 e. The molecule has 4 nitrogen and oxygen atoms in total. The van der Waals surface area contributed by atoms with Crippen molar-refractivity contribution >= 4 is 5.91 Å². The van der Waals surface area contributed by atoms with Gasteiger partial charge >= 0.3 is 0 Å². The normalized spacial score (nSPS) is 31.4. The third kappa shape index (κ3) is 3.27. The number of amides is 1. The summed E-state index contributed by atoms with van der Waals surface area (Å²) in [5, 5.41) is 0. The molecular formula is C10H21N3O. The van der Waals surface area contributed by atoms with E-state index >= 15 is 0 Å². The van der Waals surface area contributed by atoms with E-state index in [9.17, 15) is 4.79 Å². The van der Waals surface area contributed by atoms with Crippen LogP contribution in [-0.2, 0) is 4.79 Å². The van der Waals surface area contributed by atoms with Crippen LogP contribution in [0.1, 0.15) is 20.3 Å². The number of likely N-dealkylation sites (tertiary alicyclic amines) is 1. The summed E-state index contributed by atoms with van der Waals surface area (Å²) >= 11 is 0. The predicted octanol–water partition coefficient (Wildman–Crippen LogP) is -0.223. The SMILES string of the molecule is CC1CC(C)CN(CC(N)C(N)=O)C1. The van der Waals surface area contributed by atoms with Crippen LogP contribution in [0.4, 0.5) is 0 Å². The summed E-state index contributed by atoms with van der Waals surface area (Å²) in [5.41, 5.74) is 10.8. The van der Waals surface area contributed by atoms with E-state index in [2.05, 4.69) is 18.7 Å². The minimum Gasteiger partial charge on any atom is -0.368 e. The molecule has 0 aromatic rings. The number of piperidine rings is 1. The maximum Gasteiger partial charge on any atom is 0.235 e. The summed E-state index contributed by atoms with van der Waals surface area (Å²) in [4.78, 5) is 13.1. The van der Waals surface area contributed by atoms with Crippen molar-refractivity contribution in [3.63, 3.8) is 0 Å². The lowest BCUT2D eigenvalue weighted by atomic mass is 9.91. The molecular weight excluding hydrogens is 178 g/mol. The molecule has 1 saturated heterocycles. The maximum absolute atomic E-state index is 10.8. The van der Waals surface area contributed by atoms with Crippen molar-refractivity contribution in [1.82, 2.24) is 4.90 Å². The van der Waals surface area contributed by atoms with Crippen LogP contribution in [0.15, 0.2) is 0 Å². The quantitative estimate of drug-likeness (QED) is 0.660. The standard InChI is InChI=1S/C10H21N3O/c1-7-3-8(2)5-13(4-7)6-9(11)10(12)14/h7-9H,3-6,11H2,1-2H3,(H2,12,14). The highest BCUT2D eigenvalue weighted by atomic mass is 16.1. The predicted molar refractivity (Wildman–Crippen MR) is 56.6 cm³/mol. The highest BCUT2D eigenvalue weighted by Gasteiger charge is 2.24. The Kier molecular flexibility index (Phi) is 3.89. The van der Waals surface area contributed by atoms with Gasteiger partial charge in [-0.1, -0.05) is 13.8 Å². The lowest BCUT2D eigenvalue weighted by molar-refractivity contribution is -0.119. The second-order valence-corrected chi connectivity index (χ2v) is 4.67. The van der Waals surface area contributed by atoms with Gasteiger partial charge in [0.25, 0.3) is 0 Å². The Bertz CT molecular complexity index is 198. The molecule has 0 bridgehead atoms. The number of hydrogen-bond donors (Lipinski definition) is 2. The first-order valence-electron chi connectivity index (χ1n) is 5.26. The summed E-state index contributed by atoms with van der Waals surface area (Å²) < 4.78 is 0. The van der Waals surface area contributed by atoms with Crippen LogP contribution in [-0.4, -0.2) is 36.5 Å². The van der Waals surface area contributed by atoms with E-state index in [0.717, 1.165) is 13.1 Å². The van der Waals surface area contributed by atoms with Crippen molar-refractivity contribution in [1.29, 1.82) is 0 Å². The molecule has 1 aliphatic heterocycles. The fourth-order valence-corrected chi connectivity index (χ4v) is 2.31. The second kappa shape index (κ2) is 4.75. The fourth-order valence-electron chi connectivity index (χ4n) is 2.31. The van der Waals surface area contributed by atoms with Crippen LogP contribution in [0, 0.1) is 11.8 Å². The van der Waals surface area contributed by atoms with E-state index in [1.807, 2.05) is 0 Å². The highest BCUT2D eigenvalue weighted by molar-refractivity contribution is 5.79. The molecule has 0 aliphatic carbocycles. The van der Waals surface area contributed by atoms with Gasteiger partial charge in [0.15, 0.2) is 0 Å². The number of carbonyl (C=O) groups is 1. The Morgan fingerprint density at radius 2 is 1.93 bits per heavy atom. The van der Waals surface area contributed by atoms with Gasteiger partial charge in [-0.25, -0.2) is 0 Å². The monoisotopic (exact) mass is 199 g/mol. The molecule has 14 heavy (non-hydrogen) atoms.